The Hall–Kier alpha value is -4.50. The van der Waals surface area contributed by atoms with Gasteiger partial charge in [0.2, 0.25) is 0 Å². The standard InChI is InChI=1S/C32H25NO2/c1-23(30-13-7-11-27-10-5-6-12-31(27)30)33-22-24-14-20-29(21-15-24)35-32(34)28-18-16-26(17-19-28)25-8-3-2-4-9-25/h2-23H,1H3/t23-/m1/s1. The summed E-state index contributed by atoms with van der Waals surface area (Å²) in [4.78, 5) is 17.3. The molecule has 0 saturated heterocycles. The summed E-state index contributed by atoms with van der Waals surface area (Å²) in [5.41, 5.74) is 4.83. The van der Waals surface area contributed by atoms with E-state index in [1.165, 1.54) is 16.3 Å². The van der Waals surface area contributed by atoms with Crippen LogP contribution in [0.25, 0.3) is 21.9 Å². The lowest BCUT2D eigenvalue weighted by Gasteiger charge is -2.10. The van der Waals surface area contributed by atoms with Crippen molar-refractivity contribution in [3.63, 3.8) is 0 Å². The Morgan fingerprint density at radius 3 is 2.14 bits per heavy atom. The van der Waals surface area contributed by atoms with Gasteiger partial charge in [-0.2, -0.15) is 0 Å². The Morgan fingerprint density at radius 2 is 1.37 bits per heavy atom. The lowest BCUT2D eigenvalue weighted by molar-refractivity contribution is 0.0735. The van der Waals surface area contributed by atoms with Crippen LogP contribution in [0.1, 0.15) is 34.5 Å². The highest BCUT2D eigenvalue weighted by molar-refractivity contribution is 5.92. The largest absolute Gasteiger partial charge is 0.423 e. The van der Waals surface area contributed by atoms with Gasteiger partial charge < -0.3 is 4.74 Å². The minimum Gasteiger partial charge on any atom is -0.423 e. The molecule has 0 aromatic heterocycles. The van der Waals surface area contributed by atoms with E-state index in [2.05, 4.69) is 43.3 Å². The van der Waals surface area contributed by atoms with Gasteiger partial charge in [0.1, 0.15) is 5.75 Å². The molecule has 0 aliphatic carbocycles. The van der Waals surface area contributed by atoms with Crippen molar-refractivity contribution in [3.8, 4) is 16.9 Å². The maximum Gasteiger partial charge on any atom is 0.343 e. The van der Waals surface area contributed by atoms with Gasteiger partial charge in [0, 0.05) is 6.21 Å². The first-order chi connectivity index (χ1) is 17.2. The van der Waals surface area contributed by atoms with Crippen LogP contribution in [0.2, 0.25) is 0 Å². The SMILES string of the molecule is C[C@@H](N=Cc1ccc(OC(=O)c2ccc(-c3ccccc3)cc2)cc1)c1cccc2ccccc12. The van der Waals surface area contributed by atoms with E-state index in [0.29, 0.717) is 11.3 Å². The van der Waals surface area contributed by atoms with E-state index in [-0.39, 0.29) is 12.0 Å². The second-order valence-electron chi connectivity index (χ2n) is 8.42. The number of aliphatic imine (C=N–C) groups is 1. The number of rotatable bonds is 6. The van der Waals surface area contributed by atoms with E-state index in [4.69, 9.17) is 9.73 Å². The molecule has 5 aromatic rings. The average Bonchev–Trinajstić information content (AvgIpc) is 2.92. The maximum absolute atomic E-state index is 12.6. The molecule has 0 amide bonds. The lowest BCUT2D eigenvalue weighted by atomic mass is 10.00. The van der Waals surface area contributed by atoms with Crippen molar-refractivity contribution >= 4 is 23.0 Å². The minimum atomic E-state index is -0.379. The molecule has 5 rings (SSSR count). The van der Waals surface area contributed by atoms with Crippen molar-refractivity contribution in [2.45, 2.75) is 13.0 Å². The van der Waals surface area contributed by atoms with Crippen LogP contribution < -0.4 is 4.74 Å². The molecule has 0 N–H and O–H groups in total. The summed E-state index contributed by atoms with van der Waals surface area (Å²) < 4.78 is 5.56. The van der Waals surface area contributed by atoms with Crippen molar-refractivity contribution in [1.29, 1.82) is 0 Å². The topological polar surface area (TPSA) is 38.7 Å². The van der Waals surface area contributed by atoms with E-state index >= 15 is 0 Å². The number of carbonyl (C=O) groups excluding carboxylic acids is 1. The highest BCUT2D eigenvalue weighted by atomic mass is 16.5. The van der Waals surface area contributed by atoms with Crippen molar-refractivity contribution < 1.29 is 9.53 Å². The Morgan fingerprint density at radius 1 is 0.714 bits per heavy atom. The molecule has 0 bridgehead atoms. The van der Waals surface area contributed by atoms with Gasteiger partial charge >= 0.3 is 5.97 Å². The van der Waals surface area contributed by atoms with Gasteiger partial charge in [-0.05, 0) is 76.3 Å². The van der Waals surface area contributed by atoms with Crippen molar-refractivity contribution in [2.24, 2.45) is 4.99 Å². The van der Waals surface area contributed by atoms with E-state index in [9.17, 15) is 4.79 Å². The van der Waals surface area contributed by atoms with Crippen LogP contribution in [0, 0.1) is 0 Å². The zero-order chi connectivity index (χ0) is 24.0. The number of carbonyl (C=O) groups is 1. The van der Waals surface area contributed by atoms with Gasteiger partial charge in [-0.25, -0.2) is 4.79 Å². The summed E-state index contributed by atoms with van der Waals surface area (Å²) in [6.45, 7) is 2.09. The second-order valence-corrected chi connectivity index (χ2v) is 8.42. The highest BCUT2D eigenvalue weighted by Crippen LogP contribution is 2.26. The maximum atomic E-state index is 12.6. The number of hydrogen-bond donors (Lipinski definition) is 0. The van der Waals surface area contributed by atoms with Gasteiger partial charge in [0.25, 0.3) is 0 Å². The molecule has 35 heavy (non-hydrogen) atoms. The number of esters is 1. The van der Waals surface area contributed by atoms with E-state index in [0.717, 1.165) is 16.7 Å². The fraction of sp³-hybridized carbons (Fsp3) is 0.0625. The second kappa shape index (κ2) is 10.2. The fourth-order valence-corrected chi connectivity index (χ4v) is 4.11. The molecule has 0 aliphatic rings. The zero-order valence-corrected chi connectivity index (χ0v) is 19.5. The first-order valence-corrected chi connectivity index (χ1v) is 11.7. The molecule has 0 unspecified atom stereocenters. The smallest absolute Gasteiger partial charge is 0.343 e. The molecule has 0 spiro atoms. The van der Waals surface area contributed by atoms with Gasteiger partial charge in [0.15, 0.2) is 0 Å². The van der Waals surface area contributed by atoms with Crippen LogP contribution in [0.15, 0.2) is 126 Å². The van der Waals surface area contributed by atoms with Crippen molar-refractivity contribution in [1.82, 2.24) is 0 Å². The van der Waals surface area contributed by atoms with Crippen LogP contribution in [0.3, 0.4) is 0 Å². The van der Waals surface area contributed by atoms with E-state index < -0.39 is 0 Å². The molecule has 5 aromatic carbocycles. The molecule has 0 aliphatic heterocycles. The first kappa shape index (κ1) is 22.3. The Bertz CT molecular complexity index is 1470. The van der Waals surface area contributed by atoms with Gasteiger partial charge in [-0.1, -0.05) is 84.9 Å². The van der Waals surface area contributed by atoms with E-state index in [1.807, 2.05) is 66.9 Å². The fourth-order valence-electron chi connectivity index (χ4n) is 4.11. The molecular weight excluding hydrogens is 430 g/mol. The molecular formula is C32H25NO2. The summed E-state index contributed by atoms with van der Waals surface area (Å²) in [5.74, 6) is 0.122. The molecule has 0 heterocycles. The van der Waals surface area contributed by atoms with Crippen molar-refractivity contribution in [2.75, 3.05) is 0 Å². The molecule has 3 heteroatoms. The summed E-state index contributed by atoms with van der Waals surface area (Å²) in [5, 5.41) is 2.44. The molecule has 1 atom stereocenters. The molecule has 170 valence electrons. The summed E-state index contributed by atoms with van der Waals surface area (Å²) in [6.07, 6.45) is 1.86. The molecule has 0 fully saturated rings. The van der Waals surface area contributed by atoms with Gasteiger partial charge in [-0.15, -0.1) is 0 Å². The van der Waals surface area contributed by atoms with Crippen LogP contribution in [-0.4, -0.2) is 12.2 Å². The number of nitrogens with zero attached hydrogens (tertiary/aromatic N) is 1. The number of fused-ring (bicyclic) bond motifs is 1. The quantitative estimate of drug-likeness (QED) is 0.148. The Kier molecular flexibility index (Phi) is 6.49. The summed E-state index contributed by atoms with van der Waals surface area (Å²) in [6, 6.07) is 39.6. The van der Waals surface area contributed by atoms with Gasteiger partial charge in [-0.3, -0.25) is 4.99 Å². The summed E-state index contributed by atoms with van der Waals surface area (Å²) >= 11 is 0. The van der Waals surface area contributed by atoms with Crippen LogP contribution in [0.4, 0.5) is 0 Å². The normalized spacial score (nSPS) is 12.0. The molecule has 0 saturated carbocycles. The first-order valence-electron chi connectivity index (χ1n) is 11.7. The third-order valence-electron chi connectivity index (χ3n) is 6.04. The molecule has 3 nitrogen and oxygen atoms in total. The number of hydrogen-bond acceptors (Lipinski definition) is 3. The third kappa shape index (κ3) is 5.20. The predicted octanol–water partition coefficient (Wildman–Crippen LogP) is 7.91. The van der Waals surface area contributed by atoms with Crippen molar-refractivity contribution in [3.05, 3.63) is 138 Å². The third-order valence-corrected chi connectivity index (χ3v) is 6.04. The Balaban J connectivity index is 1.23. The zero-order valence-electron chi connectivity index (χ0n) is 19.5. The lowest BCUT2D eigenvalue weighted by Crippen LogP contribution is -2.08. The minimum absolute atomic E-state index is 0.0254. The number of benzene rings is 5. The average molecular weight is 456 g/mol. The highest BCUT2D eigenvalue weighted by Gasteiger charge is 2.10. The molecule has 0 radical (unpaired) electrons. The van der Waals surface area contributed by atoms with Gasteiger partial charge in [0.05, 0.1) is 11.6 Å². The number of ether oxygens (including phenoxy) is 1. The van der Waals surface area contributed by atoms with Crippen LogP contribution >= 0.6 is 0 Å². The monoisotopic (exact) mass is 455 g/mol. The van der Waals surface area contributed by atoms with Crippen LogP contribution in [-0.2, 0) is 0 Å². The van der Waals surface area contributed by atoms with E-state index in [1.54, 1.807) is 24.3 Å². The Labute approximate surface area is 205 Å². The van der Waals surface area contributed by atoms with Crippen LogP contribution in [0.5, 0.6) is 5.75 Å². The summed E-state index contributed by atoms with van der Waals surface area (Å²) in [7, 11) is 0. The predicted molar refractivity (Wildman–Crippen MR) is 143 cm³/mol.